The van der Waals surface area contributed by atoms with Crippen LogP contribution in [0.25, 0.3) is 0 Å². The minimum Gasteiger partial charge on any atom is -0.353 e. The van der Waals surface area contributed by atoms with Crippen LogP contribution in [0.15, 0.2) is 24.3 Å². The van der Waals surface area contributed by atoms with Crippen molar-refractivity contribution in [1.82, 2.24) is 25.6 Å². The van der Waals surface area contributed by atoms with Crippen molar-refractivity contribution < 1.29 is 14.4 Å². The van der Waals surface area contributed by atoms with E-state index in [0.29, 0.717) is 25.8 Å². The summed E-state index contributed by atoms with van der Waals surface area (Å²) in [5.74, 6) is -0.507. The van der Waals surface area contributed by atoms with E-state index in [2.05, 4.69) is 10.7 Å². The van der Waals surface area contributed by atoms with E-state index in [4.69, 9.17) is 0 Å². The summed E-state index contributed by atoms with van der Waals surface area (Å²) in [5, 5.41) is 13.7. The standard InChI is InChI=1S/C25H32N6O3/c1-16-6-8-17(9-7-16)15-29-23(33)20-11-10-18(22(32)27-19-4-2-3-5-19)14-21(20)31-24(29)28-30(13-12-26)25(31)34/h6-9,18-21,24,28H,2-5,10-11,13-15H2,1H3,(H,27,32). The fraction of sp³-hybridized carbons (Fsp3) is 0.600. The predicted molar refractivity (Wildman–Crippen MR) is 123 cm³/mol. The van der Waals surface area contributed by atoms with Crippen molar-refractivity contribution in [3.05, 3.63) is 35.4 Å². The largest absolute Gasteiger partial charge is 0.353 e. The van der Waals surface area contributed by atoms with Crippen molar-refractivity contribution in [2.24, 2.45) is 11.8 Å². The van der Waals surface area contributed by atoms with E-state index in [9.17, 15) is 19.6 Å². The number of rotatable bonds is 5. The van der Waals surface area contributed by atoms with Crippen LogP contribution in [-0.2, 0) is 16.1 Å². The van der Waals surface area contributed by atoms with Gasteiger partial charge < -0.3 is 10.2 Å². The highest BCUT2D eigenvalue weighted by molar-refractivity contribution is 5.87. The van der Waals surface area contributed by atoms with Crippen LogP contribution < -0.4 is 10.7 Å². The third-order valence-corrected chi connectivity index (χ3v) is 7.83. The third kappa shape index (κ3) is 4.11. The van der Waals surface area contributed by atoms with E-state index in [1.165, 1.54) is 5.01 Å². The predicted octanol–water partition coefficient (Wildman–Crippen LogP) is 2.23. The molecule has 2 aliphatic carbocycles. The lowest BCUT2D eigenvalue weighted by Crippen LogP contribution is -2.66. The SMILES string of the molecule is Cc1ccc(CN2C(=O)C3CCC(C(=O)NC4CCCC4)CC3N3C(=O)N(CC#N)NC23)cc1. The normalized spacial score (nSPS) is 29.1. The van der Waals surface area contributed by atoms with Gasteiger partial charge in [0.1, 0.15) is 6.54 Å². The number of aryl methyl sites for hydroxylation is 1. The van der Waals surface area contributed by atoms with Crippen LogP contribution in [-0.4, -0.2) is 57.6 Å². The van der Waals surface area contributed by atoms with E-state index in [1.54, 1.807) is 9.80 Å². The highest BCUT2D eigenvalue weighted by Gasteiger charge is 2.56. The Morgan fingerprint density at radius 3 is 2.59 bits per heavy atom. The van der Waals surface area contributed by atoms with Gasteiger partial charge in [0.15, 0.2) is 6.29 Å². The molecule has 34 heavy (non-hydrogen) atoms. The monoisotopic (exact) mass is 464 g/mol. The molecule has 4 aliphatic rings. The summed E-state index contributed by atoms with van der Waals surface area (Å²) in [6.45, 7) is 2.28. The molecule has 2 heterocycles. The lowest BCUT2D eigenvalue weighted by Gasteiger charge is -2.49. The van der Waals surface area contributed by atoms with Crippen molar-refractivity contribution >= 4 is 17.8 Å². The van der Waals surface area contributed by atoms with Gasteiger partial charge in [-0.15, -0.1) is 0 Å². The number of amides is 4. The zero-order valence-corrected chi connectivity index (χ0v) is 19.6. The first-order valence-corrected chi connectivity index (χ1v) is 12.4. The second-order valence-corrected chi connectivity index (χ2v) is 10.1. The Morgan fingerprint density at radius 1 is 1.15 bits per heavy atom. The molecule has 0 spiro atoms. The van der Waals surface area contributed by atoms with Crippen LogP contribution >= 0.6 is 0 Å². The zero-order chi connectivity index (χ0) is 23.8. The summed E-state index contributed by atoms with van der Waals surface area (Å²) >= 11 is 0. The summed E-state index contributed by atoms with van der Waals surface area (Å²) < 4.78 is 0. The van der Waals surface area contributed by atoms with Crippen molar-refractivity contribution in [2.45, 2.75) is 76.8 Å². The Bertz CT molecular complexity index is 999. The minimum absolute atomic E-state index is 0.000540. The first kappa shape index (κ1) is 22.7. The molecule has 2 saturated carbocycles. The molecule has 0 radical (unpaired) electrons. The number of nitrogens with one attached hydrogen (secondary N) is 2. The number of hydrazine groups is 1. The smallest absolute Gasteiger partial charge is 0.338 e. The Hall–Kier alpha value is -3.12. The Kier molecular flexibility index (Phi) is 6.17. The Balaban J connectivity index is 1.38. The number of carbonyl (C=O) groups is 3. The van der Waals surface area contributed by atoms with Gasteiger partial charge in [-0.2, -0.15) is 10.7 Å². The van der Waals surface area contributed by atoms with Gasteiger partial charge >= 0.3 is 6.03 Å². The molecule has 4 unspecified atom stereocenters. The summed E-state index contributed by atoms with van der Waals surface area (Å²) in [5.41, 5.74) is 5.20. The first-order chi connectivity index (χ1) is 16.5. The van der Waals surface area contributed by atoms with Crippen LogP contribution in [0.1, 0.15) is 56.1 Å². The van der Waals surface area contributed by atoms with Gasteiger partial charge in [0.25, 0.3) is 0 Å². The zero-order valence-electron chi connectivity index (χ0n) is 19.6. The second-order valence-electron chi connectivity index (χ2n) is 10.1. The quantitative estimate of drug-likeness (QED) is 0.650. The molecule has 2 N–H and O–H groups in total. The van der Waals surface area contributed by atoms with Gasteiger partial charge in [0, 0.05) is 24.5 Å². The van der Waals surface area contributed by atoms with Crippen LogP contribution in [0.3, 0.4) is 0 Å². The lowest BCUT2D eigenvalue weighted by molar-refractivity contribution is -0.159. The molecule has 0 aromatic heterocycles. The molecule has 9 heteroatoms. The molecule has 2 aliphatic heterocycles. The maximum atomic E-state index is 13.7. The second kappa shape index (κ2) is 9.26. The van der Waals surface area contributed by atoms with Gasteiger partial charge in [0.05, 0.1) is 12.0 Å². The van der Waals surface area contributed by atoms with E-state index in [-0.39, 0.29) is 48.3 Å². The molecular formula is C25H32N6O3. The number of fused-ring (bicyclic) bond motifs is 3. The van der Waals surface area contributed by atoms with Gasteiger partial charge in [0.2, 0.25) is 11.8 Å². The van der Waals surface area contributed by atoms with Crippen molar-refractivity contribution in [1.29, 1.82) is 5.26 Å². The van der Waals surface area contributed by atoms with Crippen LogP contribution in [0.5, 0.6) is 0 Å². The number of hydrogen-bond donors (Lipinski definition) is 2. The number of nitrogens with zero attached hydrogens (tertiary/aromatic N) is 4. The molecule has 1 aromatic carbocycles. The molecule has 4 fully saturated rings. The maximum Gasteiger partial charge on any atom is 0.338 e. The molecule has 0 bridgehead atoms. The molecule has 9 nitrogen and oxygen atoms in total. The number of urea groups is 1. The third-order valence-electron chi connectivity index (χ3n) is 7.83. The van der Waals surface area contributed by atoms with Crippen LogP contribution in [0.4, 0.5) is 4.79 Å². The first-order valence-electron chi connectivity index (χ1n) is 12.4. The van der Waals surface area contributed by atoms with Crippen LogP contribution in [0, 0.1) is 30.1 Å². The maximum absolute atomic E-state index is 13.7. The number of hydrogen-bond acceptors (Lipinski definition) is 5. The molecule has 1 aromatic rings. The summed E-state index contributed by atoms with van der Waals surface area (Å²) in [6.07, 6.45) is 5.38. The van der Waals surface area contributed by atoms with E-state index in [0.717, 1.165) is 36.8 Å². The van der Waals surface area contributed by atoms with E-state index in [1.807, 2.05) is 37.3 Å². The topological polar surface area (TPSA) is 109 Å². The molecular weight excluding hydrogens is 432 g/mol. The lowest BCUT2D eigenvalue weighted by atomic mass is 9.75. The summed E-state index contributed by atoms with van der Waals surface area (Å²) in [7, 11) is 0. The number of carbonyl (C=O) groups excluding carboxylic acids is 3. The molecule has 4 amide bonds. The highest BCUT2D eigenvalue weighted by atomic mass is 16.2. The fourth-order valence-corrected chi connectivity index (χ4v) is 5.99. The van der Waals surface area contributed by atoms with Gasteiger partial charge in [-0.05, 0) is 44.6 Å². The molecule has 5 rings (SSSR count). The molecule has 2 saturated heterocycles. The van der Waals surface area contributed by atoms with E-state index < -0.39 is 6.29 Å². The Labute approximate surface area is 200 Å². The minimum atomic E-state index is -0.660. The highest BCUT2D eigenvalue weighted by Crippen LogP contribution is 2.41. The number of nitriles is 1. The van der Waals surface area contributed by atoms with Gasteiger partial charge in [-0.1, -0.05) is 42.7 Å². The van der Waals surface area contributed by atoms with Crippen molar-refractivity contribution in [3.63, 3.8) is 0 Å². The summed E-state index contributed by atoms with van der Waals surface area (Å²) in [6, 6.07) is 9.60. The van der Waals surface area contributed by atoms with Gasteiger partial charge in [-0.3, -0.25) is 14.5 Å². The number of benzene rings is 1. The molecule has 4 atom stereocenters. The average Bonchev–Trinajstić information content (AvgIpc) is 3.46. The fourth-order valence-electron chi connectivity index (χ4n) is 5.99. The average molecular weight is 465 g/mol. The molecule has 180 valence electrons. The van der Waals surface area contributed by atoms with Crippen molar-refractivity contribution in [3.8, 4) is 6.07 Å². The van der Waals surface area contributed by atoms with Gasteiger partial charge in [-0.25, -0.2) is 9.80 Å². The van der Waals surface area contributed by atoms with Crippen LogP contribution in [0.2, 0.25) is 0 Å². The Morgan fingerprint density at radius 2 is 1.88 bits per heavy atom. The van der Waals surface area contributed by atoms with E-state index >= 15 is 0 Å². The summed E-state index contributed by atoms with van der Waals surface area (Å²) in [4.78, 5) is 43.4. The van der Waals surface area contributed by atoms with Crippen molar-refractivity contribution in [2.75, 3.05) is 6.54 Å².